The van der Waals surface area contributed by atoms with Crippen LogP contribution in [0.4, 0.5) is 0 Å². The van der Waals surface area contributed by atoms with Crippen LogP contribution < -0.4 is 5.56 Å². The molecular weight excluding hydrogens is 454 g/mol. The van der Waals surface area contributed by atoms with Crippen LogP contribution in [0.2, 0.25) is 5.02 Å². The van der Waals surface area contributed by atoms with E-state index in [-0.39, 0.29) is 30.9 Å². The summed E-state index contributed by atoms with van der Waals surface area (Å²) in [4.78, 5) is 45.1. The van der Waals surface area contributed by atoms with Gasteiger partial charge in [-0.1, -0.05) is 43.1 Å². The summed E-state index contributed by atoms with van der Waals surface area (Å²) >= 11 is 6.23. The van der Waals surface area contributed by atoms with Crippen LogP contribution in [0, 0.1) is 0 Å². The fraction of sp³-hybridized carbons (Fsp3) is 0.385. The van der Waals surface area contributed by atoms with Gasteiger partial charge in [-0.25, -0.2) is 4.98 Å². The van der Waals surface area contributed by atoms with Crippen LogP contribution in [-0.4, -0.2) is 39.5 Å². The van der Waals surface area contributed by atoms with Crippen molar-refractivity contribution in [2.45, 2.75) is 52.5 Å². The Morgan fingerprint density at radius 2 is 1.88 bits per heavy atom. The molecule has 0 bridgehead atoms. The third kappa shape index (κ3) is 5.83. The summed E-state index contributed by atoms with van der Waals surface area (Å²) in [6.45, 7) is 6.39. The van der Waals surface area contributed by atoms with Crippen molar-refractivity contribution >= 4 is 34.4 Å². The highest BCUT2D eigenvalue weighted by Gasteiger charge is 2.27. The molecule has 180 valence electrons. The van der Waals surface area contributed by atoms with E-state index in [4.69, 9.17) is 21.3 Å². The van der Waals surface area contributed by atoms with Crippen molar-refractivity contribution in [2.75, 3.05) is 13.2 Å². The molecule has 1 unspecified atom stereocenters. The van der Waals surface area contributed by atoms with Gasteiger partial charge < -0.3 is 9.64 Å². The normalized spacial score (nSPS) is 11.9. The van der Waals surface area contributed by atoms with Crippen LogP contribution in [0.3, 0.4) is 0 Å². The molecule has 0 spiro atoms. The first-order valence-corrected chi connectivity index (χ1v) is 12.0. The molecular formula is C26H30ClN3O4. The van der Waals surface area contributed by atoms with Gasteiger partial charge in [0.15, 0.2) is 0 Å². The van der Waals surface area contributed by atoms with E-state index in [0.29, 0.717) is 34.0 Å². The number of hydrogen-bond donors (Lipinski definition) is 0. The Morgan fingerprint density at radius 1 is 1.12 bits per heavy atom. The molecule has 0 saturated heterocycles. The van der Waals surface area contributed by atoms with Crippen molar-refractivity contribution in [1.29, 1.82) is 0 Å². The summed E-state index contributed by atoms with van der Waals surface area (Å²) in [5, 5.41) is 0.969. The van der Waals surface area contributed by atoms with Gasteiger partial charge >= 0.3 is 5.97 Å². The molecule has 1 amide bonds. The molecule has 0 radical (unpaired) electrons. The van der Waals surface area contributed by atoms with Gasteiger partial charge in [0.25, 0.3) is 5.56 Å². The predicted octanol–water partition coefficient (Wildman–Crippen LogP) is 5.07. The molecule has 1 heterocycles. The second kappa shape index (κ2) is 11.8. The number of carbonyl (C=O) groups excluding carboxylic acids is 2. The van der Waals surface area contributed by atoms with E-state index in [1.807, 2.05) is 19.9 Å². The molecule has 7 nitrogen and oxygen atoms in total. The number of amides is 1. The van der Waals surface area contributed by atoms with Gasteiger partial charge in [-0.05, 0) is 50.6 Å². The third-order valence-electron chi connectivity index (χ3n) is 5.63. The van der Waals surface area contributed by atoms with Gasteiger partial charge in [0, 0.05) is 18.0 Å². The maximum Gasteiger partial charge on any atom is 0.306 e. The lowest BCUT2D eigenvalue weighted by atomic mass is 10.1. The Hall–Kier alpha value is -3.19. The molecule has 0 saturated carbocycles. The van der Waals surface area contributed by atoms with Crippen LogP contribution in [0.1, 0.15) is 58.3 Å². The van der Waals surface area contributed by atoms with E-state index in [1.165, 1.54) is 4.57 Å². The number of unbranched alkanes of at least 4 members (excludes halogenated alkanes) is 1. The number of benzene rings is 2. The van der Waals surface area contributed by atoms with Crippen molar-refractivity contribution in [1.82, 2.24) is 14.5 Å². The van der Waals surface area contributed by atoms with Crippen LogP contribution >= 0.6 is 11.6 Å². The number of halogens is 1. The number of nitrogens with zero attached hydrogens (tertiary/aromatic N) is 3. The topological polar surface area (TPSA) is 81.5 Å². The van der Waals surface area contributed by atoms with Gasteiger partial charge in [0.05, 0.1) is 35.7 Å². The Bertz CT molecular complexity index is 1220. The van der Waals surface area contributed by atoms with Crippen molar-refractivity contribution in [3.05, 3.63) is 69.7 Å². The lowest BCUT2D eigenvalue weighted by Crippen LogP contribution is -2.38. The van der Waals surface area contributed by atoms with Crippen LogP contribution in [-0.2, 0) is 14.3 Å². The maximum absolute atomic E-state index is 13.6. The summed E-state index contributed by atoms with van der Waals surface area (Å²) < 4.78 is 6.49. The molecule has 1 atom stereocenters. The average Bonchev–Trinajstić information content (AvgIpc) is 2.83. The average molecular weight is 484 g/mol. The van der Waals surface area contributed by atoms with Crippen LogP contribution in [0.25, 0.3) is 16.6 Å². The fourth-order valence-electron chi connectivity index (χ4n) is 3.88. The minimum Gasteiger partial charge on any atom is -0.466 e. The first-order valence-electron chi connectivity index (χ1n) is 11.6. The zero-order chi connectivity index (χ0) is 24.7. The maximum atomic E-state index is 13.6. The second-order valence-electron chi connectivity index (χ2n) is 8.03. The van der Waals surface area contributed by atoms with E-state index in [1.54, 1.807) is 54.3 Å². The zero-order valence-corrected chi connectivity index (χ0v) is 20.5. The molecule has 0 aliphatic rings. The first kappa shape index (κ1) is 25.4. The Kier molecular flexibility index (Phi) is 8.82. The number of hydrogen-bond acceptors (Lipinski definition) is 5. The minimum absolute atomic E-state index is 0.00820. The summed E-state index contributed by atoms with van der Waals surface area (Å²) in [5.41, 5.74) is 0.901. The predicted molar refractivity (Wildman–Crippen MR) is 133 cm³/mol. The highest BCUT2D eigenvalue weighted by molar-refractivity contribution is 6.30. The largest absolute Gasteiger partial charge is 0.466 e. The van der Waals surface area contributed by atoms with E-state index < -0.39 is 12.0 Å². The smallest absolute Gasteiger partial charge is 0.306 e. The number of esters is 1. The van der Waals surface area contributed by atoms with Gasteiger partial charge in [0.1, 0.15) is 5.82 Å². The first-order chi connectivity index (χ1) is 16.4. The lowest BCUT2D eigenvalue weighted by Gasteiger charge is -2.30. The number of para-hydroxylation sites is 1. The zero-order valence-electron chi connectivity index (χ0n) is 19.8. The molecule has 0 fully saturated rings. The molecule has 2 aromatic carbocycles. The quantitative estimate of drug-likeness (QED) is 0.376. The van der Waals surface area contributed by atoms with E-state index in [0.717, 1.165) is 12.8 Å². The van der Waals surface area contributed by atoms with Crippen molar-refractivity contribution in [2.24, 2.45) is 0 Å². The fourth-order valence-corrected chi connectivity index (χ4v) is 4.07. The molecule has 3 rings (SSSR count). The molecule has 34 heavy (non-hydrogen) atoms. The standard InChI is InChI=1S/C26H30ClN3O4/c1-4-6-16-29(23(31)14-15-24(32)34-5-2)18(3)25-28-22-13-8-7-12-21(22)26(33)30(25)20-11-9-10-19(27)17-20/h7-13,17-18H,4-6,14-16H2,1-3H3. The highest BCUT2D eigenvalue weighted by Crippen LogP contribution is 2.25. The van der Waals surface area contributed by atoms with Gasteiger partial charge in [-0.3, -0.25) is 19.0 Å². The third-order valence-corrected chi connectivity index (χ3v) is 5.87. The van der Waals surface area contributed by atoms with E-state index >= 15 is 0 Å². The monoisotopic (exact) mass is 483 g/mol. The summed E-state index contributed by atoms with van der Waals surface area (Å²) in [5.74, 6) is -0.154. The molecule has 0 aliphatic carbocycles. The van der Waals surface area contributed by atoms with Crippen molar-refractivity contribution in [3.8, 4) is 5.69 Å². The van der Waals surface area contributed by atoms with E-state index in [9.17, 15) is 14.4 Å². The van der Waals surface area contributed by atoms with Gasteiger partial charge in [-0.15, -0.1) is 0 Å². The summed E-state index contributed by atoms with van der Waals surface area (Å²) in [6.07, 6.45) is 1.71. The highest BCUT2D eigenvalue weighted by atomic mass is 35.5. The number of rotatable bonds is 10. The van der Waals surface area contributed by atoms with Gasteiger partial charge in [0.2, 0.25) is 5.91 Å². The minimum atomic E-state index is -0.516. The molecule has 1 aromatic heterocycles. The number of fused-ring (bicyclic) bond motifs is 1. The van der Waals surface area contributed by atoms with Crippen LogP contribution in [0.15, 0.2) is 53.3 Å². The summed E-state index contributed by atoms with van der Waals surface area (Å²) in [7, 11) is 0. The Balaban J connectivity index is 2.09. The van der Waals surface area contributed by atoms with Crippen LogP contribution in [0.5, 0.6) is 0 Å². The number of carbonyl (C=O) groups is 2. The molecule has 0 N–H and O–H groups in total. The second-order valence-corrected chi connectivity index (χ2v) is 8.47. The number of ether oxygens (including phenoxy) is 1. The molecule has 8 heteroatoms. The van der Waals surface area contributed by atoms with Crippen molar-refractivity contribution < 1.29 is 14.3 Å². The molecule has 3 aromatic rings. The lowest BCUT2D eigenvalue weighted by molar-refractivity contribution is -0.146. The summed E-state index contributed by atoms with van der Waals surface area (Å²) in [6, 6.07) is 13.6. The Morgan fingerprint density at radius 3 is 2.59 bits per heavy atom. The number of aromatic nitrogens is 2. The molecule has 0 aliphatic heterocycles. The van der Waals surface area contributed by atoms with Gasteiger partial charge in [-0.2, -0.15) is 0 Å². The van der Waals surface area contributed by atoms with E-state index in [2.05, 4.69) is 0 Å². The van der Waals surface area contributed by atoms with Crippen molar-refractivity contribution in [3.63, 3.8) is 0 Å². The Labute approximate surface area is 204 Å². The SMILES string of the molecule is CCCCN(C(=O)CCC(=O)OCC)C(C)c1nc2ccccc2c(=O)n1-c1cccc(Cl)c1.